The molecule has 5 heterocycles. The number of hydrogen-bond donors (Lipinski definition) is 2. The number of benzene rings is 2. The van der Waals surface area contributed by atoms with Crippen molar-refractivity contribution in [1.82, 2.24) is 35.1 Å². The molecule has 71 heavy (non-hydrogen) atoms. The Hall–Kier alpha value is -6.33. The van der Waals surface area contributed by atoms with Crippen LogP contribution in [-0.2, 0) is 52.8 Å². The summed E-state index contributed by atoms with van der Waals surface area (Å²) in [6, 6.07) is 14.2. The van der Waals surface area contributed by atoms with Crippen LogP contribution in [0.3, 0.4) is 0 Å². The molecule has 6 atom stereocenters. The van der Waals surface area contributed by atoms with Crippen molar-refractivity contribution in [3.8, 4) is 22.4 Å². The molecule has 2 fully saturated rings. The number of alkyl halides is 3. The van der Waals surface area contributed by atoms with Crippen molar-refractivity contribution < 1.29 is 46.6 Å². The number of ether oxygens (including phenoxy) is 2. The number of amides is 4. The number of fused-ring (bicyclic) bond motifs is 6. The molecule has 14 nitrogen and oxygen atoms in total. The molecular formula is C54H64F3N7O7. The van der Waals surface area contributed by atoms with Crippen molar-refractivity contribution in [2.45, 2.75) is 110 Å². The lowest BCUT2D eigenvalue weighted by Gasteiger charge is -2.38. The van der Waals surface area contributed by atoms with E-state index >= 15 is 4.79 Å². The number of carbonyl (C=O) groups excluding carboxylic acids is 5. The lowest BCUT2D eigenvalue weighted by Crippen LogP contribution is -2.60. The molecule has 2 aromatic heterocycles. The topological polar surface area (TPSA) is 155 Å². The van der Waals surface area contributed by atoms with Crippen molar-refractivity contribution in [1.29, 1.82) is 0 Å². The molecule has 4 amide bonds. The van der Waals surface area contributed by atoms with Crippen molar-refractivity contribution in [2.24, 2.45) is 17.3 Å². The Balaban J connectivity index is 1.20. The van der Waals surface area contributed by atoms with Crippen molar-refractivity contribution in [2.75, 3.05) is 40.4 Å². The summed E-state index contributed by atoms with van der Waals surface area (Å²) in [5.74, 6) is -5.03. The van der Waals surface area contributed by atoms with Gasteiger partial charge >= 0.3 is 12.1 Å². The summed E-state index contributed by atoms with van der Waals surface area (Å²) in [6.45, 7) is 12.8. The van der Waals surface area contributed by atoms with Gasteiger partial charge in [-0.05, 0) is 111 Å². The second-order valence-corrected chi connectivity index (χ2v) is 20.1. The quantitative estimate of drug-likeness (QED) is 0.0834. The zero-order chi connectivity index (χ0) is 50.9. The summed E-state index contributed by atoms with van der Waals surface area (Å²) in [4.78, 5) is 76.7. The van der Waals surface area contributed by atoms with E-state index in [0.717, 1.165) is 61.1 Å². The molecule has 4 aromatic rings. The van der Waals surface area contributed by atoms with Crippen molar-refractivity contribution in [3.63, 3.8) is 0 Å². The van der Waals surface area contributed by atoms with E-state index in [-0.39, 0.29) is 45.2 Å². The third-order valence-corrected chi connectivity index (χ3v) is 14.5. The number of likely N-dealkylation sites (N-methyl/N-ethyl adjacent to an activating group) is 1. The first-order valence-electron chi connectivity index (χ1n) is 24.5. The van der Waals surface area contributed by atoms with E-state index in [1.807, 2.05) is 43.3 Å². The number of esters is 1. The molecule has 2 aromatic carbocycles. The molecule has 3 aliphatic heterocycles. The van der Waals surface area contributed by atoms with Crippen LogP contribution >= 0.6 is 0 Å². The van der Waals surface area contributed by atoms with Gasteiger partial charge < -0.3 is 29.2 Å². The Morgan fingerprint density at radius 2 is 1.85 bits per heavy atom. The molecule has 0 radical (unpaired) electrons. The number of allylic oxidation sites excluding steroid dienone is 1. The third-order valence-electron chi connectivity index (χ3n) is 14.5. The van der Waals surface area contributed by atoms with Crippen molar-refractivity contribution >= 4 is 40.5 Å². The van der Waals surface area contributed by atoms with Crippen LogP contribution in [0.5, 0.6) is 0 Å². The van der Waals surface area contributed by atoms with E-state index < -0.39 is 77.6 Å². The number of aromatic nitrogens is 2. The maximum atomic E-state index is 15.1. The van der Waals surface area contributed by atoms with Crippen LogP contribution in [0.2, 0.25) is 0 Å². The van der Waals surface area contributed by atoms with E-state index in [0.29, 0.717) is 37.8 Å². The first-order valence-corrected chi connectivity index (χ1v) is 24.5. The van der Waals surface area contributed by atoms with E-state index in [4.69, 9.17) is 14.5 Å². The minimum absolute atomic E-state index is 0.0172. The standard InChI is InChI=1S/C54H64F3N7O7/c1-8-45(65)62-24-21-37(30-62)50(67)61(6)44(29-54(55,56)57)49(66)59-47(34-17-18-34)40-26-33-13-10-14-35(25-33)36-19-20-43-39(27-36)41(48(63(43)9-2)38-15-11-22-58-46(38)32(3)70-7)28-53(4,5)31-71-52(69)42-16-12-23-64(60-42)51(40)68/h8,10-11,13-15,17,19-20,22,25,27,32,37,40,42,44,47,60H,1,9,12,16,18,21,23-24,26,28-31H2,2-7H3,(H,59,66)/t32-,37-,40?,42-,44-,47?/m0/s1. The van der Waals surface area contributed by atoms with Crippen LogP contribution in [0, 0.1) is 17.3 Å². The average molecular weight is 980 g/mol. The smallest absolute Gasteiger partial charge is 0.391 e. The van der Waals surface area contributed by atoms with Gasteiger partial charge in [0.25, 0.3) is 0 Å². The third kappa shape index (κ3) is 11.1. The number of nitrogens with one attached hydrogen (secondary N) is 2. The number of methoxy groups -OCH3 is 1. The highest BCUT2D eigenvalue weighted by molar-refractivity contribution is 5.96. The average Bonchev–Trinajstić information content (AvgIpc) is 4.01. The predicted octanol–water partition coefficient (Wildman–Crippen LogP) is 7.51. The number of hydrazine groups is 1. The number of carbonyl (C=O) groups is 5. The van der Waals surface area contributed by atoms with Crippen LogP contribution in [-0.4, -0.2) is 119 Å². The molecule has 17 heteroatoms. The number of aryl methyl sites for hydroxylation is 1. The van der Waals surface area contributed by atoms with Gasteiger partial charge in [0.15, 0.2) is 0 Å². The minimum Gasteiger partial charge on any atom is -0.464 e. The van der Waals surface area contributed by atoms with Gasteiger partial charge in [-0.15, -0.1) is 0 Å². The maximum absolute atomic E-state index is 15.1. The summed E-state index contributed by atoms with van der Waals surface area (Å²) in [5, 5.41) is 5.22. The van der Waals surface area contributed by atoms with Gasteiger partial charge in [-0.2, -0.15) is 13.2 Å². The molecule has 0 saturated carbocycles. The molecule has 0 spiro atoms. The summed E-state index contributed by atoms with van der Waals surface area (Å²) in [5.41, 5.74) is 10.5. The van der Waals surface area contributed by atoms with Gasteiger partial charge in [-0.3, -0.25) is 34.0 Å². The summed E-state index contributed by atoms with van der Waals surface area (Å²) >= 11 is 0. The molecule has 4 aliphatic rings. The molecule has 6 bridgehead atoms. The Kier molecular flexibility index (Phi) is 14.9. The van der Waals surface area contributed by atoms with Crippen LogP contribution in [0.1, 0.15) is 82.7 Å². The lowest BCUT2D eigenvalue weighted by atomic mass is 9.84. The number of halogens is 3. The fraction of sp³-hybridized carbons (Fsp3) is 0.481. The van der Waals surface area contributed by atoms with E-state index in [2.05, 4.69) is 66.9 Å². The molecule has 2 saturated heterocycles. The normalized spacial score (nSPS) is 21.6. The molecular weight excluding hydrogens is 916 g/mol. The Morgan fingerprint density at radius 3 is 2.55 bits per heavy atom. The first kappa shape index (κ1) is 51.0. The number of rotatable bonds is 12. The van der Waals surface area contributed by atoms with Gasteiger partial charge in [0.1, 0.15) is 12.1 Å². The number of nitrogens with zero attached hydrogens (tertiary/aromatic N) is 5. The van der Waals surface area contributed by atoms with E-state index in [1.165, 1.54) is 17.0 Å². The zero-order valence-corrected chi connectivity index (χ0v) is 41.3. The lowest BCUT2D eigenvalue weighted by molar-refractivity contribution is -0.163. The largest absolute Gasteiger partial charge is 0.464 e. The maximum Gasteiger partial charge on any atom is 0.391 e. The second-order valence-electron chi connectivity index (χ2n) is 20.1. The molecule has 2 unspecified atom stereocenters. The van der Waals surface area contributed by atoms with Crippen LogP contribution in [0.25, 0.3) is 33.3 Å². The summed E-state index contributed by atoms with van der Waals surface area (Å²) < 4.78 is 57.3. The highest BCUT2D eigenvalue weighted by atomic mass is 19.4. The Labute approximate surface area is 412 Å². The summed E-state index contributed by atoms with van der Waals surface area (Å²) in [7, 11) is 2.83. The SMILES string of the molecule is C=CC(=O)N1CC[C@H](C(=O)N(C)[C@@H](CC(F)(F)F)C(=O)NC(C2=CC2)C2Cc3cccc(c3)-c3ccc4c(c3)c(c(-c3cccnc3[C@H](C)OC)n4CC)CC(C)(C)COC(=O)[C@@H]3CCCN(N3)C2=O)C1. The Morgan fingerprint density at radius 1 is 1.08 bits per heavy atom. The van der Waals surface area contributed by atoms with Gasteiger partial charge in [0, 0.05) is 68.4 Å². The minimum atomic E-state index is -4.84. The van der Waals surface area contributed by atoms with Gasteiger partial charge in [0.05, 0.1) is 48.4 Å². The number of pyridine rings is 1. The van der Waals surface area contributed by atoms with Crippen LogP contribution in [0.4, 0.5) is 13.2 Å². The Bertz CT molecular complexity index is 2750. The van der Waals surface area contributed by atoms with E-state index in [9.17, 15) is 32.3 Å². The predicted molar refractivity (Wildman–Crippen MR) is 262 cm³/mol. The summed E-state index contributed by atoms with van der Waals surface area (Å²) in [6.07, 6.45) is -0.00876. The fourth-order valence-corrected chi connectivity index (χ4v) is 10.5. The van der Waals surface area contributed by atoms with Gasteiger partial charge in [0.2, 0.25) is 23.6 Å². The second kappa shape index (κ2) is 20.8. The monoisotopic (exact) mass is 979 g/mol. The number of hydrogen-bond acceptors (Lipinski definition) is 9. The number of likely N-dealkylation sites (tertiary alicyclic amines) is 1. The first-order chi connectivity index (χ1) is 33.8. The molecule has 2 N–H and O–H groups in total. The molecule has 1 aliphatic carbocycles. The van der Waals surface area contributed by atoms with E-state index in [1.54, 1.807) is 13.3 Å². The van der Waals surface area contributed by atoms with Gasteiger partial charge in [-0.1, -0.05) is 56.8 Å². The molecule has 378 valence electrons. The number of cyclic esters (lactones) is 1. The zero-order valence-electron chi connectivity index (χ0n) is 41.3. The highest BCUT2D eigenvalue weighted by Gasteiger charge is 2.45. The highest BCUT2D eigenvalue weighted by Crippen LogP contribution is 2.42. The van der Waals surface area contributed by atoms with Crippen molar-refractivity contribution in [3.05, 3.63) is 102 Å². The van der Waals surface area contributed by atoms with Crippen LogP contribution in [0.15, 0.2) is 85.1 Å². The molecule has 8 rings (SSSR count). The van der Waals surface area contributed by atoms with Crippen LogP contribution < -0.4 is 10.7 Å². The fourth-order valence-electron chi connectivity index (χ4n) is 10.5. The van der Waals surface area contributed by atoms with Gasteiger partial charge in [-0.25, -0.2) is 5.43 Å².